The molecular formula is C22H21N5O5. The van der Waals surface area contributed by atoms with Crippen molar-refractivity contribution in [1.29, 1.82) is 0 Å². The van der Waals surface area contributed by atoms with Gasteiger partial charge in [0.25, 0.3) is 5.95 Å². The van der Waals surface area contributed by atoms with E-state index in [9.17, 15) is 9.59 Å². The number of carboxylic acid groups (broad SMARTS) is 1. The third-order valence-electron chi connectivity index (χ3n) is 5.13. The molecule has 0 amide bonds. The number of aromatic carboxylic acids is 1. The minimum absolute atomic E-state index is 0.215. The number of hydrogen-bond donors (Lipinski definition) is 1. The van der Waals surface area contributed by atoms with Crippen LogP contribution in [0.3, 0.4) is 0 Å². The van der Waals surface area contributed by atoms with Crippen molar-refractivity contribution in [3.63, 3.8) is 0 Å². The van der Waals surface area contributed by atoms with Crippen molar-refractivity contribution in [2.24, 2.45) is 10.9 Å². The Kier molecular flexibility index (Phi) is 5.93. The number of aromatic nitrogens is 4. The first-order valence-electron chi connectivity index (χ1n) is 10.0. The van der Waals surface area contributed by atoms with E-state index < -0.39 is 23.9 Å². The Morgan fingerprint density at radius 2 is 1.94 bits per heavy atom. The molecule has 0 saturated carbocycles. The standard InChI is InChI=1S/C22H21N5O5/c1-3-31-21(30)18-13(2)23-22-24-25-26-27(22)19(18)16-5-4-6-17(11-16)32-12-14-7-9-15(10-8-14)20(28)29/h4-11,18-19H,3,12H2,1-2H3,(H,28,29). The summed E-state index contributed by atoms with van der Waals surface area (Å²) in [5.74, 6) is -1.15. The van der Waals surface area contributed by atoms with Gasteiger partial charge in [-0.3, -0.25) is 4.79 Å². The Hall–Kier alpha value is -4.08. The Morgan fingerprint density at radius 3 is 2.66 bits per heavy atom. The average molecular weight is 435 g/mol. The molecule has 10 heteroatoms. The molecule has 1 aliphatic rings. The molecule has 10 nitrogen and oxygen atoms in total. The average Bonchev–Trinajstić information content (AvgIpc) is 3.25. The van der Waals surface area contributed by atoms with E-state index in [-0.39, 0.29) is 18.8 Å². The van der Waals surface area contributed by atoms with Gasteiger partial charge >= 0.3 is 11.9 Å². The molecule has 4 rings (SSSR count). The second-order valence-corrected chi connectivity index (χ2v) is 7.21. The van der Waals surface area contributed by atoms with Crippen LogP contribution in [0.25, 0.3) is 0 Å². The van der Waals surface area contributed by atoms with Crippen LogP contribution in [-0.2, 0) is 16.1 Å². The van der Waals surface area contributed by atoms with E-state index in [2.05, 4.69) is 20.5 Å². The van der Waals surface area contributed by atoms with Gasteiger partial charge in [-0.1, -0.05) is 29.4 Å². The summed E-state index contributed by atoms with van der Waals surface area (Å²) in [6.07, 6.45) is 0. The third kappa shape index (κ3) is 4.20. The van der Waals surface area contributed by atoms with Crippen LogP contribution in [-0.4, -0.2) is 49.6 Å². The van der Waals surface area contributed by atoms with E-state index in [4.69, 9.17) is 14.6 Å². The highest BCUT2D eigenvalue weighted by Crippen LogP contribution is 2.36. The fourth-order valence-corrected chi connectivity index (χ4v) is 3.60. The lowest BCUT2D eigenvalue weighted by Crippen LogP contribution is -2.37. The van der Waals surface area contributed by atoms with Gasteiger partial charge in [-0.05, 0) is 59.7 Å². The lowest BCUT2D eigenvalue weighted by atomic mass is 9.88. The second kappa shape index (κ2) is 8.96. The molecule has 2 aromatic carbocycles. The molecule has 1 N–H and O–H groups in total. The molecule has 0 saturated heterocycles. The molecule has 3 aromatic rings. The molecule has 164 valence electrons. The summed E-state index contributed by atoms with van der Waals surface area (Å²) >= 11 is 0. The van der Waals surface area contributed by atoms with Crippen molar-refractivity contribution in [2.75, 3.05) is 6.61 Å². The van der Waals surface area contributed by atoms with Crippen LogP contribution in [0.1, 0.15) is 41.4 Å². The molecule has 2 unspecified atom stereocenters. The molecule has 0 aliphatic carbocycles. The predicted molar refractivity (Wildman–Crippen MR) is 113 cm³/mol. The molecule has 0 spiro atoms. The van der Waals surface area contributed by atoms with Crippen LogP contribution >= 0.6 is 0 Å². The number of carboxylic acids is 1. The lowest BCUT2D eigenvalue weighted by Gasteiger charge is -2.29. The largest absolute Gasteiger partial charge is 0.489 e. The van der Waals surface area contributed by atoms with Gasteiger partial charge in [0.15, 0.2) is 0 Å². The smallest absolute Gasteiger partial charge is 0.335 e. The van der Waals surface area contributed by atoms with Crippen molar-refractivity contribution >= 4 is 23.6 Å². The first-order valence-corrected chi connectivity index (χ1v) is 10.0. The zero-order chi connectivity index (χ0) is 22.7. The van der Waals surface area contributed by atoms with Gasteiger partial charge in [0, 0.05) is 5.71 Å². The summed E-state index contributed by atoms with van der Waals surface area (Å²) < 4.78 is 12.7. The van der Waals surface area contributed by atoms with Gasteiger partial charge < -0.3 is 14.6 Å². The minimum Gasteiger partial charge on any atom is -0.489 e. The van der Waals surface area contributed by atoms with Crippen molar-refractivity contribution in [3.05, 3.63) is 65.2 Å². The Balaban J connectivity index is 1.60. The molecule has 1 aliphatic heterocycles. The van der Waals surface area contributed by atoms with Gasteiger partial charge in [0.1, 0.15) is 24.3 Å². The number of carbonyl (C=O) groups is 2. The molecule has 0 radical (unpaired) electrons. The van der Waals surface area contributed by atoms with Gasteiger partial charge in [0.05, 0.1) is 12.2 Å². The van der Waals surface area contributed by atoms with E-state index >= 15 is 0 Å². The Bertz CT molecular complexity index is 1170. The van der Waals surface area contributed by atoms with Crippen molar-refractivity contribution < 1.29 is 24.2 Å². The SMILES string of the molecule is CCOC(=O)C1C(C)=Nc2nnnn2C1c1cccc(OCc2ccc(C(=O)O)cc2)c1. The number of aliphatic imine (C=N–C) groups is 1. The molecule has 2 heterocycles. The molecule has 1 aromatic heterocycles. The van der Waals surface area contributed by atoms with E-state index in [1.54, 1.807) is 32.0 Å². The Labute approximate surface area is 183 Å². The summed E-state index contributed by atoms with van der Waals surface area (Å²) in [6, 6.07) is 13.3. The number of benzene rings is 2. The van der Waals surface area contributed by atoms with Crippen molar-refractivity contribution in [3.8, 4) is 5.75 Å². The maximum Gasteiger partial charge on any atom is 0.335 e. The second-order valence-electron chi connectivity index (χ2n) is 7.21. The lowest BCUT2D eigenvalue weighted by molar-refractivity contribution is -0.146. The van der Waals surface area contributed by atoms with E-state index in [0.29, 0.717) is 17.4 Å². The number of fused-ring (bicyclic) bond motifs is 1. The first kappa shape index (κ1) is 21.2. The Morgan fingerprint density at radius 1 is 1.16 bits per heavy atom. The number of nitrogens with zero attached hydrogens (tertiary/aromatic N) is 5. The fraction of sp³-hybridized carbons (Fsp3) is 0.273. The summed E-state index contributed by atoms with van der Waals surface area (Å²) in [5.41, 5.74) is 2.38. The summed E-state index contributed by atoms with van der Waals surface area (Å²) in [7, 11) is 0. The number of rotatable bonds is 7. The minimum atomic E-state index is -0.977. The van der Waals surface area contributed by atoms with Gasteiger partial charge in [-0.15, -0.1) is 0 Å². The number of tetrazole rings is 1. The predicted octanol–water partition coefficient (Wildman–Crippen LogP) is 2.83. The highest BCUT2D eigenvalue weighted by Gasteiger charge is 2.40. The zero-order valence-electron chi connectivity index (χ0n) is 17.5. The summed E-state index contributed by atoms with van der Waals surface area (Å²) in [6.45, 7) is 4.02. The van der Waals surface area contributed by atoms with Crippen LogP contribution in [0.4, 0.5) is 5.95 Å². The molecule has 0 fully saturated rings. The van der Waals surface area contributed by atoms with Gasteiger partial charge in [-0.2, -0.15) is 0 Å². The fourth-order valence-electron chi connectivity index (χ4n) is 3.60. The number of hydrogen-bond acceptors (Lipinski definition) is 8. The number of ether oxygens (including phenoxy) is 2. The van der Waals surface area contributed by atoms with E-state index in [1.165, 1.54) is 16.8 Å². The maximum absolute atomic E-state index is 12.7. The quantitative estimate of drug-likeness (QED) is 0.561. The highest BCUT2D eigenvalue weighted by molar-refractivity contribution is 6.03. The van der Waals surface area contributed by atoms with Crippen LogP contribution in [0.15, 0.2) is 53.5 Å². The topological polar surface area (TPSA) is 129 Å². The third-order valence-corrected chi connectivity index (χ3v) is 5.13. The molecular weight excluding hydrogens is 414 g/mol. The number of esters is 1. The van der Waals surface area contributed by atoms with Crippen molar-refractivity contribution in [2.45, 2.75) is 26.5 Å². The monoisotopic (exact) mass is 435 g/mol. The summed E-state index contributed by atoms with van der Waals surface area (Å²) in [5, 5.41) is 20.7. The molecule has 32 heavy (non-hydrogen) atoms. The van der Waals surface area contributed by atoms with Gasteiger partial charge in [0.2, 0.25) is 0 Å². The maximum atomic E-state index is 12.7. The van der Waals surface area contributed by atoms with E-state index in [1.807, 2.05) is 18.2 Å². The van der Waals surface area contributed by atoms with Crippen LogP contribution < -0.4 is 4.74 Å². The van der Waals surface area contributed by atoms with Crippen LogP contribution in [0, 0.1) is 5.92 Å². The normalized spacial score (nSPS) is 17.2. The van der Waals surface area contributed by atoms with Crippen molar-refractivity contribution in [1.82, 2.24) is 20.2 Å². The summed E-state index contributed by atoms with van der Waals surface area (Å²) in [4.78, 5) is 28.1. The van der Waals surface area contributed by atoms with Crippen LogP contribution in [0.5, 0.6) is 5.75 Å². The molecule has 2 atom stereocenters. The number of carbonyl (C=O) groups excluding carboxylic acids is 1. The molecule has 0 bridgehead atoms. The zero-order valence-corrected chi connectivity index (χ0v) is 17.5. The van der Waals surface area contributed by atoms with Crippen LogP contribution in [0.2, 0.25) is 0 Å². The highest BCUT2D eigenvalue weighted by atomic mass is 16.5. The first-order chi connectivity index (χ1) is 15.5. The van der Waals surface area contributed by atoms with E-state index in [0.717, 1.165) is 11.1 Å². The van der Waals surface area contributed by atoms with Gasteiger partial charge in [-0.25, -0.2) is 14.5 Å².